The molecular formula is C6H5NaO4. The smallest absolute Gasteiger partial charge is 0.545 e. The second-order valence-corrected chi connectivity index (χ2v) is 1.38. The summed E-state index contributed by atoms with van der Waals surface area (Å²) >= 11 is 0. The Balaban J connectivity index is 0. The Morgan fingerprint density at radius 1 is 1.18 bits per heavy atom. The van der Waals surface area contributed by atoms with Crippen molar-refractivity contribution in [3.63, 3.8) is 0 Å². The van der Waals surface area contributed by atoms with Gasteiger partial charge in [0.05, 0.1) is 5.97 Å². The Kier molecular flexibility index (Phi) is 8.92. The number of carboxylic acid groups (broad SMARTS) is 2. The minimum absolute atomic E-state index is 0. The van der Waals surface area contributed by atoms with Crippen LogP contribution in [0.25, 0.3) is 0 Å². The third-order valence-electron chi connectivity index (χ3n) is 0.582. The average molecular weight is 164 g/mol. The van der Waals surface area contributed by atoms with Crippen molar-refractivity contribution in [2.45, 2.75) is 0 Å². The average Bonchev–Trinajstić information content (AvgIpc) is 1.79. The van der Waals surface area contributed by atoms with Gasteiger partial charge in [-0.1, -0.05) is 12.2 Å². The van der Waals surface area contributed by atoms with Crippen LogP contribution < -0.4 is 34.7 Å². The summed E-state index contributed by atoms with van der Waals surface area (Å²) in [4.78, 5) is 19.4. The predicted octanol–water partition coefficient (Wildman–Crippen LogP) is -4.06. The summed E-state index contributed by atoms with van der Waals surface area (Å²) in [5, 5.41) is 17.7. The zero-order chi connectivity index (χ0) is 7.98. The molecule has 0 fully saturated rings. The van der Waals surface area contributed by atoms with Gasteiger partial charge in [-0.2, -0.15) is 0 Å². The zero-order valence-corrected chi connectivity index (χ0v) is 7.98. The normalized spacial score (nSPS) is 9.82. The van der Waals surface area contributed by atoms with Crippen LogP contribution in [0.5, 0.6) is 0 Å². The van der Waals surface area contributed by atoms with E-state index in [1.807, 2.05) is 0 Å². The predicted molar refractivity (Wildman–Crippen MR) is 30.9 cm³/mol. The van der Waals surface area contributed by atoms with Gasteiger partial charge >= 0.3 is 35.5 Å². The maximum Gasteiger partial charge on any atom is 1.00 e. The number of carboxylic acids is 2. The molecule has 0 rings (SSSR count). The zero-order valence-electron chi connectivity index (χ0n) is 5.98. The van der Waals surface area contributed by atoms with Gasteiger partial charge in [0.2, 0.25) is 0 Å². The van der Waals surface area contributed by atoms with E-state index in [2.05, 4.69) is 0 Å². The van der Waals surface area contributed by atoms with Gasteiger partial charge < -0.3 is 15.0 Å². The number of carbonyl (C=O) groups is 2. The molecule has 0 aliphatic heterocycles. The van der Waals surface area contributed by atoms with Gasteiger partial charge in [0.15, 0.2) is 0 Å². The van der Waals surface area contributed by atoms with Crippen molar-refractivity contribution in [1.29, 1.82) is 0 Å². The molecule has 54 valence electrons. The SMILES string of the molecule is O=C([O-])/C=C/C=C/C(=O)O.[Na+]. The van der Waals surface area contributed by atoms with E-state index in [4.69, 9.17) is 5.11 Å². The second-order valence-electron chi connectivity index (χ2n) is 1.38. The van der Waals surface area contributed by atoms with E-state index in [9.17, 15) is 14.7 Å². The Labute approximate surface area is 85.5 Å². The molecule has 11 heavy (non-hydrogen) atoms. The van der Waals surface area contributed by atoms with Crippen molar-refractivity contribution in [3.8, 4) is 0 Å². The first-order valence-corrected chi connectivity index (χ1v) is 2.41. The molecule has 0 amide bonds. The van der Waals surface area contributed by atoms with Crippen LogP contribution in [0.2, 0.25) is 0 Å². The van der Waals surface area contributed by atoms with Crippen molar-refractivity contribution in [2.75, 3.05) is 0 Å². The van der Waals surface area contributed by atoms with Crippen molar-refractivity contribution < 1.29 is 49.4 Å². The summed E-state index contributed by atoms with van der Waals surface area (Å²) in [6.45, 7) is 0. The van der Waals surface area contributed by atoms with Crippen molar-refractivity contribution in [3.05, 3.63) is 24.3 Å². The van der Waals surface area contributed by atoms with Gasteiger partial charge in [0.1, 0.15) is 0 Å². The molecule has 0 atom stereocenters. The van der Waals surface area contributed by atoms with E-state index >= 15 is 0 Å². The molecule has 1 N–H and O–H groups in total. The van der Waals surface area contributed by atoms with E-state index < -0.39 is 11.9 Å². The Bertz CT molecular complexity index is 173. The van der Waals surface area contributed by atoms with Crippen LogP contribution in [-0.2, 0) is 9.59 Å². The molecule has 0 bridgehead atoms. The summed E-state index contributed by atoms with van der Waals surface area (Å²) in [5.74, 6) is -2.47. The fourth-order valence-corrected chi connectivity index (χ4v) is 0.272. The molecule has 0 aliphatic carbocycles. The van der Waals surface area contributed by atoms with Crippen molar-refractivity contribution in [2.24, 2.45) is 0 Å². The molecule has 0 radical (unpaired) electrons. The van der Waals surface area contributed by atoms with Crippen LogP contribution in [0.4, 0.5) is 0 Å². The third-order valence-corrected chi connectivity index (χ3v) is 0.582. The van der Waals surface area contributed by atoms with Crippen LogP contribution in [0.15, 0.2) is 24.3 Å². The third kappa shape index (κ3) is 12.6. The van der Waals surface area contributed by atoms with Crippen LogP contribution in [0.1, 0.15) is 0 Å². The number of rotatable bonds is 3. The molecule has 0 aromatic rings. The first kappa shape index (κ1) is 13.0. The maximum absolute atomic E-state index is 9.76. The minimum Gasteiger partial charge on any atom is -0.545 e. The van der Waals surface area contributed by atoms with E-state index in [1.165, 1.54) is 0 Å². The summed E-state index contributed by atoms with van der Waals surface area (Å²) in [6, 6.07) is 0. The molecule has 0 saturated carbocycles. The van der Waals surface area contributed by atoms with Gasteiger partial charge in [0.25, 0.3) is 0 Å². The molecule has 0 spiro atoms. The van der Waals surface area contributed by atoms with Crippen LogP contribution in [0, 0.1) is 0 Å². The van der Waals surface area contributed by atoms with E-state index in [0.717, 1.165) is 24.3 Å². The largest absolute Gasteiger partial charge is 1.00 e. The van der Waals surface area contributed by atoms with E-state index in [1.54, 1.807) is 0 Å². The molecule has 4 nitrogen and oxygen atoms in total. The molecule has 0 unspecified atom stereocenters. The molecule has 0 aliphatic rings. The molecule has 5 heteroatoms. The van der Waals surface area contributed by atoms with Gasteiger partial charge in [-0.05, 0) is 6.08 Å². The summed E-state index contributed by atoms with van der Waals surface area (Å²) in [5.41, 5.74) is 0. The van der Waals surface area contributed by atoms with Crippen LogP contribution in [0.3, 0.4) is 0 Å². The maximum atomic E-state index is 9.76. The standard InChI is InChI=1S/C6H6O4.Na/c7-5(8)3-1-2-4-6(9)10;/h1-4H,(H,7,8)(H,9,10);/q;+1/p-1/b3-1+,4-2+;. The fourth-order valence-electron chi connectivity index (χ4n) is 0.272. The molecule has 0 saturated heterocycles. The first-order chi connectivity index (χ1) is 4.63. The minimum atomic E-state index is -1.35. The number of hydrogen-bond acceptors (Lipinski definition) is 3. The molecule has 0 heterocycles. The Hall–Kier alpha value is -0.580. The summed E-state index contributed by atoms with van der Waals surface area (Å²) in [7, 11) is 0. The quantitative estimate of drug-likeness (QED) is 0.261. The van der Waals surface area contributed by atoms with E-state index in [-0.39, 0.29) is 29.6 Å². The van der Waals surface area contributed by atoms with Crippen molar-refractivity contribution >= 4 is 11.9 Å². The van der Waals surface area contributed by atoms with Crippen LogP contribution >= 0.6 is 0 Å². The van der Waals surface area contributed by atoms with Crippen LogP contribution in [-0.4, -0.2) is 17.0 Å². The van der Waals surface area contributed by atoms with E-state index in [0.29, 0.717) is 0 Å². The Morgan fingerprint density at radius 3 is 2.00 bits per heavy atom. The molecule has 0 aromatic carbocycles. The number of hydrogen-bond donors (Lipinski definition) is 1. The topological polar surface area (TPSA) is 77.4 Å². The summed E-state index contributed by atoms with van der Waals surface area (Å²) in [6.07, 6.45) is 3.72. The Morgan fingerprint density at radius 2 is 1.64 bits per heavy atom. The number of carbonyl (C=O) groups excluding carboxylic acids is 1. The second kappa shape index (κ2) is 7.53. The monoisotopic (exact) mass is 164 g/mol. The fraction of sp³-hybridized carbons (Fsp3) is 0. The number of allylic oxidation sites excluding steroid dienone is 2. The van der Waals surface area contributed by atoms with Gasteiger partial charge in [-0.3, -0.25) is 0 Å². The van der Waals surface area contributed by atoms with Gasteiger partial charge in [0, 0.05) is 6.08 Å². The summed E-state index contributed by atoms with van der Waals surface area (Å²) < 4.78 is 0. The van der Waals surface area contributed by atoms with Crippen molar-refractivity contribution in [1.82, 2.24) is 0 Å². The first-order valence-electron chi connectivity index (χ1n) is 2.41. The van der Waals surface area contributed by atoms with Gasteiger partial charge in [-0.15, -0.1) is 0 Å². The molecule has 0 aromatic heterocycles. The number of aliphatic carboxylic acids is 2. The molecular weight excluding hydrogens is 159 g/mol. The van der Waals surface area contributed by atoms with Gasteiger partial charge in [-0.25, -0.2) is 4.79 Å².